The predicted octanol–water partition coefficient (Wildman–Crippen LogP) is 1.31. The fourth-order valence-corrected chi connectivity index (χ4v) is 2.47. The average Bonchev–Trinajstić information content (AvgIpc) is 3.09. The number of carbonyl (C=O) groups excluding carboxylic acids is 1. The van der Waals surface area contributed by atoms with Gasteiger partial charge in [-0.25, -0.2) is 9.78 Å². The zero-order chi connectivity index (χ0) is 15.5. The third-order valence-electron chi connectivity index (χ3n) is 3.75. The molecular weight excluding hydrogens is 284 g/mol. The SMILES string of the molecule is O=C(O)N1CCN(C(=O)c2ccc(-n3ccnc3)cc2)CC1. The summed E-state index contributed by atoms with van der Waals surface area (Å²) in [7, 11) is 0. The molecule has 0 aliphatic carbocycles. The number of amides is 2. The molecule has 1 aromatic heterocycles. The molecule has 1 saturated heterocycles. The summed E-state index contributed by atoms with van der Waals surface area (Å²) in [5.74, 6) is -0.0674. The van der Waals surface area contributed by atoms with E-state index in [1.165, 1.54) is 4.90 Å². The van der Waals surface area contributed by atoms with Crippen LogP contribution in [0.2, 0.25) is 0 Å². The third-order valence-corrected chi connectivity index (χ3v) is 3.75. The number of carboxylic acid groups (broad SMARTS) is 1. The van der Waals surface area contributed by atoms with Crippen LogP contribution in [-0.2, 0) is 0 Å². The van der Waals surface area contributed by atoms with Gasteiger partial charge in [0.1, 0.15) is 0 Å². The summed E-state index contributed by atoms with van der Waals surface area (Å²) >= 11 is 0. The quantitative estimate of drug-likeness (QED) is 0.907. The molecule has 0 radical (unpaired) electrons. The second-order valence-corrected chi connectivity index (χ2v) is 5.08. The number of benzene rings is 1. The topological polar surface area (TPSA) is 78.7 Å². The van der Waals surface area contributed by atoms with Crippen LogP contribution in [0.5, 0.6) is 0 Å². The molecular formula is C15H16N4O3. The molecule has 0 unspecified atom stereocenters. The van der Waals surface area contributed by atoms with Gasteiger partial charge in [-0.2, -0.15) is 0 Å². The Kier molecular flexibility index (Phi) is 3.78. The first kappa shape index (κ1) is 14.1. The van der Waals surface area contributed by atoms with E-state index in [0.29, 0.717) is 31.7 Å². The Morgan fingerprint density at radius 3 is 2.18 bits per heavy atom. The first-order valence-corrected chi connectivity index (χ1v) is 7.01. The summed E-state index contributed by atoms with van der Waals surface area (Å²) in [6.45, 7) is 1.56. The van der Waals surface area contributed by atoms with Crippen LogP contribution in [0.15, 0.2) is 43.0 Å². The summed E-state index contributed by atoms with van der Waals surface area (Å²) in [5, 5.41) is 8.92. The van der Waals surface area contributed by atoms with Crippen LogP contribution in [0.4, 0.5) is 4.79 Å². The Labute approximate surface area is 127 Å². The molecule has 1 aromatic carbocycles. The molecule has 1 aliphatic heterocycles. The predicted molar refractivity (Wildman–Crippen MR) is 79.1 cm³/mol. The van der Waals surface area contributed by atoms with E-state index in [4.69, 9.17) is 5.11 Å². The molecule has 2 amide bonds. The monoisotopic (exact) mass is 300 g/mol. The summed E-state index contributed by atoms with van der Waals surface area (Å²) in [4.78, 5) is 30.3. The van der Waals surface area contributed by atoms with Crippen molar-refractivity contribution in [3.63, 3.8) is 0 Å². The number of imidazole rings is 1. The number of carbonyl (C=O) groups is 2. The van der Waals surface area contributed by atoms with Crippen LogP contribution >= 0.6 is 0 Å². The van der Waals surface area contributed by atoms with Gasteiger partial charge in [-0.15, -0.1) is 0 Å². The molecule has 0 bridgehead atoms. The van der Waals surface area contributed by atoms with Crippen molar-refractivity contribution in [3.05, 3.63) is 48.5 Å². The van der Waals surface area contributed by atoms with Crippen LogP contribution in [0.1, 0.15) is 10.4 Å². The van der Waals surface area contributed by atoms with E-state index in [2.05, 4.69) is 4.98 Å². The minimum Gasteiger partial charge on any atom is -0.465 e. The Hall–Kier alpha value is -2.83. The van der Waals surface area contributed by atoms with Gasteiger partial charge in [-0.3, -0.25) is 4.79 Å². The van der Waals surface area contributed by atoms with Crippen molar-refractivity contribution in [2.45, 2.75) is 0 Å². The largest absolute Gasteiger partial charge is 0.465 e. The fraction of sp³-hybridized carbons (Fsp3) is 0.267. The van der Waals surface area contributed by atoms with Gasteiger partial charge >= 0.3 is 6.09 Å². The van der Waals surface area contributed by atoms with Crippen LogP contribution in [0.3, 0.4) is 0 Å². The standard InChI is InChI=1S/C15H16N4O3/c20-14(17-7-9-18(10-8-17)15(21)22)12-1-3-13(4-2-12)19-6-5-16-11-19/h1-6,11H,7-10H2,(H,21,22). The lowest BCUT2D eigenvalue weighted by molar-refractivity contribution is 0.0625. The van der Waals surface area contributed by atoms with Gasteiger partial charge in [0.25, 0.3) is 5.91 Å². The van der Waals surface area contributed by atoms with Crippen LogP contribution in [0.25, 0.3) is 5.69 Å². The van der Waals surface area contributed by atoms with Gasteiger partial charge in [-0.1, -0.05) is 0 Å². The lowest BCUT2D eigenvalue weighted by atomic mass is 10.1. The maximum absolute atomic E-state index is 12.4. The van der Waals surface area contributed by atoms with E-state index in [9.17, 15) is 9.59 Å². The summed E-state index contributed by atoms with van der Waals surface area (Å²) in [5.41, 5.74) is 1.54. The summed E-state index contributed by atoms with van der Waals surface area (Å²) < 4.78 is 1.86. The van der Waals surface area contributed by atoms with Crippen molar-refractivity contribution in [2.24, 2.45) is 0 Å². The van der Waals surface area contributed by atoms with E-state index in [1.54, 1.807) is 29.6 Å². The highest BCUT2D eigenvalue weighted by Crippen LogP contribution is 2.13. The highest BCUT2D eigenvalue weighted by molar-refractivity contribution is 5.94. The molecule has 7 heteroatoms. The molecule has 114 valence electrons. The van der Waals surface area contributed by atoms with Gasteiger partial charge in [0.15, 0.2) is 0 Å². The second-order valence-electron chi connectivity index (χ2n) is 5.08. The number of rotatable bonds is 2. The number of piperazine rings is 1. The average molecular weight is 300 g/mol. The van der Waals surface area contributed by atoms with Crippen LogP contribution < -0.4 is 0 Å². The van der Waals surface area contributed by atoms with E-state index in [0.717, 1.165) is 5.69 Å². The minimum absolute atomic E-state index is 0.0674. The van der Waals surface area contributed by atoms with Gasteiger partial charge in [-0.05, 0) is 24.3 Å². The molecule has 2 heterocycles. The fourth-order valence-electron chi connectivity index (χ4n) is 2.47. The first-order valence-electron chi connectivity index (χ1n) is 7.01. The van der Waals surface area contributed by atoms with Crippen molar-refractivity contribution in [3.8, 4) is 5.69 Å². The molecule has 0 atom stereocenters. The van der Waals surface area contributed by atoms with Gasteiger partial charge in [0.05, 0.1) is 6.33 Å². The summed E-state index contributed by atoms with van der Waals surface area (Å²) in [6, 6.07) is 7.29. The van der Waals surface area contributed by atoms with E-state index >= 15 is 0 Å². The van der Waals surface area contributed by atoms with Crippen molar-refractivity contribution < 1.29 is 14.7 Å². The van der Waals surface area contributed by atoms with Gasteiger partial charge in [0.2, 0.25) is 0 Å². The smallest absolute Gasteiger partial charge is 0.407 e. The molecule has 7 nitrogen and oxygen atoms in total. The molecule has 22 heavy (non-hydrogen) atoms. The van der Waals surface area contributed by atoms with E-state index in [1.807, 2.05) is 22.9 Å². The van der Waals surface area contributed by atoms with Crippen molar-refractivity contribution in [1.29, 1.82) is 0 Å². The molecule has 3 rings (SSSR count). The maximum atomic E-state index is 12.4. The van der Waals surface area contributed by atoms with Crippen LogP contribution in [0, 0.1) is 0 Å². The van der Waals surface area contributed by atoms with Gasteiger partial charge < -0.3 is 19.5 Å². The molecule has 1 aliphatic rings. The maximum Gasteiger partial charge on any atom is 0.407 e. The number of hydrogen-bond donors (Lipinski definition) is 1. The van der Waals surface area contributed by atoms with E-state index < -0.39 is 6.09 Å². The number of hydrogen-bond acceptors (Lipinski definition) is 3. The van der Waals surface area contributed by atoms with Crippen molar-refractivity contribution in [1.82, 2.24) is 19.4 Å². The first-order chi connectivity index (χ1) is 10.6. The lowest BCUT2D eigenvalue weighted by Gasteiger charge is -2.33. The normalized spacial score (nSPS) is 14.9. The Balaban J connectivity index is 1.67. The van der Waals surface area contributed by atoms with Crippen molar-refractivity contribution >= 4 is 12.0 Å². The van der Waals surface area contributed by atoms with Gasteiger partial charge in [0, 0.05) is 49.8 Å². The molecule has 1 fully saturated rings. The number of aromatic nitrogens is 2. The lowest BCUT2D eigenvalue weighted by Crippen LogP contribution is -2.50. The Morgan fingerprint density at radius 2 is 1.64 bits per heavy atom. The second kappa shape index (κ2) is 5.88. The minimum atomic E-state index is -0.934. The zero-order valence-electron chi connectivity index (χ0n) is 11.9. The molecule has 0 saturated carbocycles. The number of nitrogens with zero attached hydrogens (tertiary/aromatic N) is 4. The zero-order valence-corrected chi connectivity index (χ0v) is 11.9. The van der Waals surface area contributed by atoms with Crippen LogP contribution in [-0.4, -0.2) is 62.6 Å². The van der Waals surface area contributed by atoms with Crippen molar-refractivity contribution in [2.75, 3.05) is 26.2 Å². The summed E-state index contributed by atoms with van der Waals surface area (Å²) in [6.07, 6.45) is 4.29. The highest BCUT2D eigenvalue weighted by atomic mass is 16.4. The molecule has 0 spiro atoms. The third kappa shape index (κ3) is 2.78. The van der Waals surface area contributed by atoms with E-state index in [-0.39, 0.29) is 5.91 Å². The Bertz CT molecular complexity index is 659. The molecule has 1 N–H and O–H groups in total. The Morgan fingerprint density at radius 1 is 1.00 bits per heavy atom. The highest BCUT2D eigenvalue weighted by Gasteiger charge is 2.24. The molecule has 2 aromatic rings.